The molecule has 0 bridgehead atoms. The Labute approximate surface area is 180 Å². The molecular weight excluding hydrogens is 381 g/mol. The van der Waals surface area contributed by atoms with E-state index < -0.39 is 0 Å². The normalized spacial score (nSPS) is 20.8. The fourth-order valence-electron chi connectivity index (χ4n) is 4.43. The highest BCUT2D eigenvalue weighted by Gasteiger charge is 2.23. The Kier molecular flexibility index (Phi) is 9.36. The van der Waals surface area contributed by atoms with E-state index in [1.54, 1.807) is 12.1 Å². The number of piperidine rings is 1. The maximum atomic E-state index is 13.4. The second kappa shape index (κ2) is 12.2. The number of likely N-dealkylation sites (tertiary alicyclic amines) is 1. The number of hydrogen-bond donors (Lipinski definition) is 2. The summed E-state index contributed by atoms with van der Waals surface area (Å²) in [4.78, 5) is 9.34. The lowest BCUT2D eigenvalue weighted by atomic mass is 9.93. The second-order valence-electron chi connectivity index (χ2n) is 8.26. The van der Waals surface area contributed by atoms with Crippen molar-refractivity contribution < 1.29 is 9.13 Å². The molecular formula is C23H38FN5O. The molecule has 2 N–H and O–H groups in total. The molecule has 1 atom stereocenters. The lowest BCUT2D eigenvalue weighted by molar-refractivity contribution is 0.0170. The summed E-state index contributed by atoms with van der Waals surface area (Å²) in [5.74, 6) is 1.44. The number of hydrogen-bond acceptors (Lipinski definition) is 4. The van der Waals surface area contributed by atoms with Crippen LogP contribution < -0.4 is 10.6 Å². The van der Waals surface area contributed by atoms with Gasteiger partial charge >= 0.3 is 0 Å². The van der Waals surface area contributed by atoms with Gasteiger partial charge in [0.15, 0.2) is 5.96 Å². The molecule has 0 aliphatic carbocycles. The van der Waals surface area contributed by atoms with Gasteiger partial charge in [-0.25, -0.2) is 4.39 Å². The Morgan fingerprint density at radius 3 is 2.47 bits per heavy atom. The van der Waals surface area contributed by atoms with E-state index >= 15 is 0 Å². The van der Waals surface area contributed by atoms with E-state index in [2.05, 4.69) is 32.3 Å². The molecule has 30 heavy (non-hydrogen) atoms. The zero-order chi connectivity index (χ0) is 21.2. The van der Waals surface area contributed by atoms with E-state index in [-0.39, 0.29) is 11.9 Å². The lowest BCUT2D eigenvalue weighted by Crippen LogP contribution is -2.46. The first kappa shape index (κ1) is 23.0. The topological polar surface area (TPSA) is 52.1 Å². The first-order chi connectivity index (χ1) is 14.7. The highest BCUT2D eigenvalue weighted by molar-refractivity contribution is 5.79. The third-order valence-corrected chi connectivity index (χ3v) is 6.43. The van der Waals surface area contributed by atoms with Gasteiger partial charge in [0.2, 0.25) is 0 Å². The fourth-order valence-corrected chi connectivity index (χ4v) is 4.43. The molecule has 2 aliphatic heterocycles. The van der Waals surface area contributed by atoms with Crippen molar-refractivity contribution >= 4 is 5.96 Å². The summed E-state index contributed by atoms with van der Waals surface area (Å²) in [5, 5.41) is 6.97. The van der Waals surface area contributed by atoms with E-state index in [0.717, 1.165) is 56.8 Å². The number of nitrogens with one attached hydrogen (secondary N) is 2. The Bertz CT molecular complexity index is 639. The first-order valence-corrected chi connectivity index (χ1v) is 11.4. The molecule has 0 aromatic heterocycles. The standard InChI is InChI=1S/C23H38FN5O/c1-3-28-12-9-19(10-13-28)8-11-26-23(25-2)27-18-22(29-14-16-30-17-15-29)20-4-6-21(24)7-5-20/h4-7,19,22H,3,8-18H2,1-2H3,(H2,25,26,27). The number of guanidine groups is 1. The molecule has 3 rings (SSSR count). The van der Waals surface area contributed by atoms with E-state index in [1.165, 1.54) is 38.9 Å². The minimum atomic E-state index is -0.199. The SMILES string of the molecule is CCN1CCC(CCNC(=NC)NCC(c2ccc(F)cc2)N2CCOCC2)CC1. The summed E-state index contributed by atoms with van der Waals surface area (Å²) in [6, 6.07) is 7.01. The molecule has 0 radical (unpaired) electrons. The zero-order valence-electron chi connectivity index (χ0n) is 18.6. The molecule has 2 saturated heterocycles. The van der Waals surface area contributed by atoms with Crippen LogP contribution in [-0.4, -0.2) is 81.8 Å². The third-order valence-electron chi connectivity index (χ3n) is 6.43. The van der Waals surface area contributed by atoms with Gasteiger partial charge in [-0.15, -0.1) is 0 Å². The van der Waals surface area contributed by atoms with Gasteiger partial charge in [-0.05, 0) is 62.5 Å². The predicted octanol–water partition coefficient (Wildman–Crippen LogP) is 2.49. The predicted molar refractivity (Wildman–Crippen MR) is 120 cm³/mol. The highest BCUT2D eigenvalue weighted by Crippen LogP contribution is 2.22. The van der Waals surface area contributed by atoms with Crippen molar-refractivity contribution in [1.29, 1.82) is 0 Å². The Balaban J connectivity index is 1.48. The van der Waals surface area contributed by atoms with Gasteiger partial charge in [0.25, 0.3) is 0 Å². The van der Waals surface area contributed by atoms with Crippen LogP contribution in [0.4, 0.5) is 4.39 Å². The van der Waals surface area contributed by atoms with Crippen molar-refractivity contribution in [1.82, 2.24) is 20.4 Å². The molecule has 1 aromatic rings. The molecule has 0 saturated carbocycles. The van der Waals surface area contributed by atoms with Crippen LogP contribution in [0.15, 0.2) is 29.3 Å². The molecule has 0 amide bonds. The summed E-state index contributed by atoms with van der Waals surface area (Å²) in [6.45, 7) is 10.8. The monoisotopic (exact) mass is 419 g/mol. The molecule has 2 heterocycles. The largest absolute Gasteiger partial charge is 0.379 e. The molecule has 1 aromatic carbocycles. The summed E-state index contributed by atoms with van der Waals surface area (Å²) in [5.41, 5.74) is 1.11. The van der Waals surface area contributed by atoms with Crippen LogP contribution in [-0.2, 0) is 4.74 Å². The molecule has 0 spiro atoms. The van der Waals surface area contributed by atoms with Gasteiger partial charge < -0.3 is 20.3 Å². The fraction of sp³-hybridized carbons (Fsp3) is 0.696. The number of morpholine rings is 1. The van der Waals surface area contributed by atoms with Gasteiger partial charge in [0, 0.05) is 33.2 Å². The van der Waals surface area contributed by atoms with Crippen molar-refractivity contribution in [3.8, 4) is 0 Å². The Morgan fingerprint density at radius 2 is 1.83 bits per heavy atom. The average molecular weight is 420 g/mol. The molecule has 1 unspecified atom stereocenters. The van der Waals surface area contributed by atoms with E-state index in [1.807, 2.05) is 19.2 Å². The Hall–Kier alpha value is -1.70. The van der Waals surface area contributed by atoms with Crippen LogP contribution in [0.3, 0.4) is 0 Å². The van der Waals surface area contributed by atoms with Crippen LogP contribution in [0, 0.1) is 11.7 Å². The van der Waals surface area contributed by atoms with Crippen molar-refractivity contribution in [3.63, 3.8) is 0 Å². The quantitative estimate of drug-likeness (QED) is 0.501. The smallest absolute Gasteiger partial charge is 0.191 e. The number of halogens is 1. The number of rotatable bonds is 8. The number of ether oxygens (including phenoxy) is 1. The van der Waals surface area contributed by atoms with E-state index in [0.29, 0.717) is 0 Å². The van der Waals surface area contributed by atoms with E-state index in [4.69, 9.17) is 4.74 Å². The van der Waals surface area contributed by atoms with Crippen LogP contribution in [0.25, 0.3) is 0 Å². The van der Waals surface area contributed by atoms with Crippen LogP contribution >= 0.6 is 0 Å². The first-order valence-electron chi connectivity index (χ1n) is 11.4. The van der Waals surface area contributed by atoms with Crippen LogP contribution in [0.2, 0.25) is 0 Å². The van der Waals surface area contributed by atoms with Crippen molar-refractivity contribution in [2.24, 2.45) is 10.9 Å². The van der Waals surface area contributed by atoms with Crippen molar-refractivity contribution in [2.45, 2.75) is 32.2 Å². The van der Waals surface area contributed by atoms with Gasteiger partial charge in [-0.3, -0.25) is 9.89 Å². The summed E-state index contributed by atoms with van der Waals surface area (Å²) in [6.07, 6.45) is 3.78. The van der Waals surface area contributed by atoms with Gasteiger partial charge in [0.1, 0.15) is 5.82 Å². The second-order valence-corrected chi connectivity index (χ2v) is 8.26. The zero-order valence-corrected chi connectivity index (χ0v) is 18.6. The van der Waals surface area contributed by atoms with Crippen LogP contribution in [0.5, 0.6) is 0 Å². The van der Waals surface area contributed by atoms with Gasteiger partial charge in [0.05, 0.1) is 19.3 Å². The lowest BCUT2D eigenvalue weighted by Gasteiger charge is -2.35. The van der Waals surface area contributed by atoms with E-state index in [9.17, 15) is 4.39 Å². The van der Waals surface area contributed by atoms with Crippen molar-refractivity contribution in [3.05, 3.63) is 35.6 Å². The summed E-state index contributed by atoms with van der Waals surface area (Å²) in [7, 11) is 1.82. The summed E-state index contributed by atoms with van der Waals surface area (Å²) < 4.78 is 18.9. The number of nitrogens with zero attached hydrogens (tertiary/aromatic N) is 3. The minimum Gasteiger partial charge on any atom is -0.379 e. The minimum absolute atomic E-state index is 0.159. The number of aliphatic imine (C=N–C) groups is 1. The molecule has 7 heteroatoms. The molecule has 168 valence electrons. The number of benzene rings is 1. The Morgan fingerprint density at radius 1 is 1.13 bits per heavy atom. The van der Waals surface area contributed by atoms with Crippen LogP contribution in [0.1, 0.15) is 37.8 Å². The third kappa shape index (κ3) is 6.93. The molecule has 6 nitrogen and oxygen atoms in total. The van der Waals surface area contributed by atoms with Crippen molar-refractivity contribution in [2.75, 3.05) is 66.1 Å². The molecule has 2 fully saturated rings. The van der Waals surface area contributed by atoms with Gasteiger partial charge in [-0.2, -0.15) is 0 Å². The maximum absolute atomic E-state index is 13.4. The highest BCUT2D eigenvalue weighted by atomic mass is 19.1. The maximum Gasteiger partial charge on any atom is 0.191 e. The van der Waals surface area contributed by atoms with Gasteiger partial charge in [-0.1, -0.05) is 19.1 Å². The molecule has 2 aliphatic rings. The summed E-state index contributed by atoms with van der Waals surface area (Å²) >= 11 is 0. The average Bonchev–Trinajstić information content (AvgIpc) is 2.80.